The third kappa shape index (κ3) is 5.64. The molecule has 3 aliphatic rings. The SMILES string of the molecule is C=CCN(Cn1nnc2ccccc21)C(=O)C1N([C@@H](CO)Cc2ccccc2)C(=O)[C@@H]2[C@@H](C(=O)N(CC=C)c3ccccc3)[C@H]3CCC12S3. The molecular formula is C38H40N6O4S. The smallest absolute Gasteiger partial charge is 0.248 e. The number of amides is 3. The first kappa shape index (κ1) is 32.8. The average Bonchev–Trinajstić information content (AvgIpc) is 3.89. The fraction of sp³-hybridized carbons (Fsp3) is 0.342. The molecule has 4 heterocycles. The van der Waals surface area contributed by atoms with Gasteiger partial charge in [-0.2, -0.15) is 0 Å². The third-order valence-corrected chi connectivity index (χ3v) is 12.2. The summed E-state index contributed by atoms with van der Waals surface area (Å²) in [6.07, 6.45) is 5.04. The molecule has 1 N–H and O–H groups in total. The molecule has 0 saturated carbocycles. The van der Waals surface area contributed by atoms with E-state index in [4.69, 9.17) is 0 Å². The van der Waals surface area contributed by atoms with Crippen LogP contribution in [0.3, 0.4) is 0 Å². The molecule has 7 rings (SSSR count). The third-order valence-electron chi connectivity index (χ3n) is 10.2. The van der Waals surface area contributed by atoms with E-state index >= 15 is 4.79 Å². The number of likely N-dealkylation sites (tertiary alicyclic amines) is 1. The number of anilines is 1. The Labute approximate surface area is 290 Å². The van der Waals surface area contributed by atoms with E-state index in [1.807, 2.05) is 84.9 Å². The topological polar surface area (TPSA) is 112 Å². The fourth-order valence-electron chi connectivity index (χ4n) is 8.15. The van der Waals surface area contributed by atoms with Gasteiger partial charge < -0.3 is 19.8 Å². The number of nitrogens with zero attached hydrogens (tertiary/aromatic N) is 6. The molecule has 3 aliphatic heterocycles. The zero-order chi connectivity index (χ0) is 34.1. The average molecular weight is 677 g/mol. The molecule has 4 aromatic rings. The maximum atomic E-state index is 15.1. The van der Waals surface area contributed by atoms with Gasteiger partial charge in [-0.05, 0) is 49.1 Å². The number of rotatable bonds is 13. The summed E-state index contributed by atoms with van der Waals surface area (Å²) in [7, 11) is 0. The van der Waals surface area contributed by atoms with Crippen molar-refractivity contribution in [3.63, 3.8) is 0 Å². The van der Waals surface area contributed by atoms with Crippen LogP contribution in [0.1, 0.15) is 18.4 Å². The first-order chi connectivity index (χ1) is 23.9. The van der Waals surface area contributed by atoms with E-state index in [2.05, 4.69) is 23.5 Å². The van der Waals surface area contributed by atoms with Crippen molar-refractivity contribution in [2.45, 2.75) is 48.0 Å². The number of para-hydroxylation sites is 2. The van der Waals surface area contributed by atoms with Crippen molar-refractivity contribution in [1.29, 1.82) is 0 Å². The van der Waals surface area contributed by atoms with Crippen LogP contribution in [-0.2, 0) is 27.5 Å². The normalized spacial score (nSPS) is 24.5. The van der Waals surface area contributed by atoms with E-state index < -0.39 is 28.7 Å². The molecule has 3 fully saturated rings. The van der Waals surface area contributed by atoms with Crippen molar-refractivity contribution in [2.75, 3.05) is 24.6 Å². The maximum Gasteiger partial charge on any atom is 0.248 e. The minimum Gasteiger partial charge on any atom is -0.394 e. The van der Waals surface area contributed by atoms with Crippen molar-refractivity contribution < 1.29 is 19.5 Å². The molecule has 3 aromatic carbocycles. The van der Waals surface area contributed by atoms with E-state index in [1.165, 1.54) is 0 Å². The van der Waals surface area contributed by atoms with Crippen molar-refractivity contribution in [2.24, 2.45) is 11.8 Å². The summed E-state index contributed by atoms with van der Waals surface area (Å²) in [4.78, 5) is 49.7. The van der Waals surface area contributed by atoms with Gasteiger partial charge in [-0.15, -0.1) is 30.0 Å². The van der Waals surface area contributed by atoms with Gasteiger partial charge in [-0.3, -0.25) is 14.4 Å². The summed E-state index contributed by atoms with van der Waals surface area (Å²) in [5.74, 6) is -2.00. The number of carbonyl (C=O) groups is 3. The van der Waals surface area contributed by atoms with E-state index in [9.17, 15) is 14.7 Å². The van der Waals surface area contributed by atoms with Gasteiger partial charge in [0.1, 0.15) is 18.2 Å². The molecular weight excluding hydrogens is 637 g/mol. The number of aliphatic hydroxyl groups is 1. The second-order valence-corrected chi connectivity index (χ2v) is 14.6. The Bertz CT molecular complexity index is 1870. The van der Waals surface area contributed by atoms with Crippen molar-refractivity contribution in [3.8, 4) is 0 Å². The highest BCUT2D eigenvalue weighted by Gasteiger charge is 2.74. The number of benzene rings is 3. The summed E-state index contributed by atoms with van der Waals surface area (Å²) in [5.41, 5.74) is 3.17. The second kappa shape index (κ2) is 13.6. The van der Waals surface area contributed by atoms with Crippen molar-refractivity contribution in [1.82, 2.24) is 24.8 Å². The van der Waals surface area contributed by atoms with Crippen LogP contribution in [0.15, 0.2) is 110 Å². The van der Waals surface area contributed by atoms with Gasteiger partial charge in [0.15, 0.2) is 0 Å². The highest BCUT2D eigenvalue weighted by atomic mass is 32.2. The van der Waals surface area contributed by atoms with Crippen molar-refractivity contribution in [3.05, 3.63) is 116 Å². The Morgan fingerprint density at radius 1 is 0.980 bits per heavy atom. The predicted octanol–water partition coefficient (Wildman–Crippen LogP) is 4.32. The molecule has 0 radical (unpaired) electrons. The Kier molecular flexibility index (Phi) is 9.13. The number of aromatic nitrogens is 3. The Hall–Kier alpha value is -4.74. The number of aliphatic hydroxyl groups excluding tert-OH is 1. The van der Waals surface area contributed by atoms with Gasteiger partial charge in [0.05, 0.1) is 34.7 Å². The van der Waals surface area contributed by atoms with E-state index in [1.54, 1.807) is 43.3 Å². The highest BCUT2D eigenvalue weighted by molar-refractivity contribution is 8.02. The second-order valence-electron chi connectivity index (χ2n) is 13.0. The van der Waals surface area contributed by atoms with E-state index in [-0.39, 0.29) is 42.8 Å². The van der Waals surface area contributed by atoms with Crippen LogP contribution in [-0.4, -0.2) is 89.4 Å². The standard InChI is InChI=1S/C38H40N6O4S/c1-3-21-41(25-43-30-18-12-11-17-29(30)39-40-43)37(48)34-38-20-19-31(49-38)32(35(46)42(22-4-2)27-15-9-6-10-16-27)33(38)36(47)44(34)28(24-45)23-26-13-7-5-8-14-26/h3-18,28,31-34,45H,1-2,19-25H2/t28-,31-,32+,33+,34?,38?/m1/s1. The van der Waals surface area contributed by atoms with E-state index in [0.29, 0.717) is 31.3 Å². The Morgan fingerprint density at radius 2 is 1.67 bits per heavy atom. The van der Waals surface area contributed by atoms with Crippen LogP contribution in [0.4, 0.5) is 5.69 Å². The summed E-state index contributed by atoms with van der Waals surface area (Å²) < 4.78 is 0.836. The monoisotopic (exact) mass is 676 g/mol. The van der Waals surface area contributed by atoms with Crippen LogP contribution < -0.4 is 4.90 Å². The molecule has 1 spiro atoms. The molecule has 1 aromatic heterocycles. The predicted molar refractivity (Wildman–Crippen MR) is 190 cm³/mol. The van der Waals surface area contributed by atoms with Crippen LogP contribution >= 0.6 is 11.8 Å². The molecule has 252 valence electrons. The van der Waals surface area contributed by atoms with Gasteiger partial charge in [0.25, 0.3) is 0 Å². The lowest BCUT2D eigenvalue weighted by Crippen LogP contribution is -2.58. The van der Waals surface area contributed by atoms with Crippen LogP contribution in [0.2, 0.25) is 0 Å². The fourth-order valence-corrected chi connectivity index (χ4v) is 10.3. The zero-order valence-electron chi connectivity index (χ0n) is 27.3. The molecule has 10 nitrogen and oxygen atoms in total. The number of fused-ring (bicyclic) bond motifs is 2. The zero-order valence-corrected chi connectivity index (χ0v) is 28.1. The van der Waals surface area contributed by atoms with Crippen molar-refractivity contribution >= 4 is 46.2 Å². The lowest BCUT2D eigenvalue weighted by Gasteiger charge is -2.39. The van der Waals surface area contributed by atoms with Crippen LogP contribution in [0.5, 0.6) is 0 Å². The quantitative estimate of drug-likeness (QED) is 0.210. The first-order valence-electron chi connectivity index (χ1n) is 16.7. The van der Waals surface area contributed by atoms with E-state index in [0.717, 1.165) is 16.8 Å². The van der Waals surface area contributed by atoms with Crippen LogP contribution in [0.25, 0.3) is 11.0 Å². The molecule has 6 atom stereocenters. The molecule has 11 heteroatoms. The largest absolute Gasteiger partial charge is 0.394 e. The Balaban J connectivity index is 1.30. The molecule has 2 unspecified atom stereocenters. The number of hydrogen-bond donors (Lipinski definition) is 1. The molecule has 3 saturated heterocycles. The van der Waals surface area contributed by atoms with Gasteiger partial charge in [-0.25, -0.2) is 4.68 Å². The lowest BCUT2D eigenvalue weighted by atomic mass is 9.70. The van der Waals surface area contributed by atoms with Gasteiger partial charge in [0, 0.05) is 24.0 Å². The minimum absolute atomic E-state index is 0.102. The molecule has 49 heavy (non-hydrogen) atoms. The maximum absolute atomic E-state index is 15.1. The van der Waals surface area contributed by atoms with Gasteiger partial charge >= 0.3 is 0 Å². The van der Waals surface area contributed by atoms with Crippen LogP contribution in [0, 0.1) is 11.8 Å². The van der Waals surface area contributed by atoms with Gasteiger partial charge in [-0.1, -0.05) is 78.0 Å². The lowest BCUT2D eigenvalue weighted by molar-refractivity contribution is -0.146. The molecule has 0 aliphatic carbocycles. The number of thioether (sulfide) groups is 1. The number of carbonyl (C=O) groups excluding carboxylic acids is 3. The molecule has 3 amide bonds. The number of hydrogen-bond acceptors (Lipinski definition) is 7. The summed E-state index contributed by atoms with van der Waals surface area (Å²) in [6, 6.07) is 25.1. The summed E-state index contributed by atoms with van der Waals surface area (Å²) >= 11 is 1.62. The summed E-state index contributed by atoms with van der Waals surface area (Å²) in [6.45, 7) is 8.11. The Morgan fingerprint density at radius 3 is 2.39 bits per heavy atom. The summed E-state index contributed by atoms with van der Waals surface area (Å²) in [5, 5.41) is 19.4. The molecule has 2 bridgehead atoms. The highest BCUT2D eigenvalue weighted by Crippen LogP contribution is 2.67. The van der Waals surface area contributed by atoms with Gasteiger partial charge in [0.2, 0.25) is 17.7 Å². The minimum atomic E-state index is -0.905. The first-order valence-corrected chi connectivity index (χ1v) is 17.6.